The highest BCUT2D eigenvalue weighted by atomic mass is 79.9. The van der Waals surface area contributed by atoms with E-state index in [0.717, 1.165) is 11.1 Å². The van der Waals surface area contributed by atoms with Crippen LogP contribution in [-0.2, 0) is 16.5 Å². The molecule has 0 fully saturated rings. The molecule has 1 N–H and O–H groups in total. The minimum Gasteiger partial charge on any atom is -0.508 e. The second-order valence-electron chi connectivity index (χ2n) is 2.98. The predicted molar refractivity (Wildman–Crippen MR) is 55.1 cm³/mol. The van der Waals surface area contributed by atoms with Crippen molar-refractivity contribution in [3.63, 3.8) is 0 Å². The summed E-state index contributed by atoms with van der Waals surface area (Å²) in [6, 6.07) is 5.23. The molecule has 0 saturated heterocycles. The molecule has 0 aromatic heterocycles. The lowest BCUT2D eigenvalue weighted by Gasteiger charge is -2.03. The van der Waals surface area contributed by atoms with E-state index in [1.165, 1.54) is 0 Å². The molecule has 0 atom stereocenters. The number of hydrogen-bond donors (Lipinski definition) is 1. The molecule has 0 aliphatic heterocycles. The highest BCUT2D eigenvalue weighted by molar-refractivity contribution is 9.08. The van der Waals surface area contributed by atoms with Crippen molar-refractivity contribution in [2.45, 2.75) is 18.7 Å². The van der Waals surface area contributed by atoms with Gasteiger partial charge in [0.05, 0.1) is 0 Å². The van der Waals surface area contributed by atoms with Crippen molar-refractivity contribution in [1.82, 2.24) is 0 Å². The molecular formula is C10H11BrO2. The quantitative estimate of drug-likeness (QED) is 0.827. The third kappa shape index (κ3) is 2.84. The Morgan fingerprint density at radius 3 is 2.77 bits per heavy atom. The van der Waals surface area contributed by atoms with Gasteiger partial charge >= 0.3 is 0 Å². The van der Waals surface area contributed by atoms with Gasteiger partial charge in [-0.1, -0.05) is 28.1 Å². The number of hydrogen-bond acceptors (Lipinski definition) is 2. The van der Waals surface area contributed by atoms with Crippen LogP contribution in [0, 0.1) is 0 Å². The van der Waals surface area contributed by atoms with Gasteiger partial charge in [0.1, 0.15) is 11.5 Å². The summed E-state index contributed by atoms with van der Waals surface area (Å²) in [6.07, 6.45) is 0.431. The lowest BCUT2D eigenvalue weighted by molar-refractivity contribution is -0.116. The van der Waals surface area contributed by atoms with Gasteiger partial charge in [0, 0.05) is 17.3 Å². The van der Waals surface area contributed by atoms with Crippen LogP contribution in [0.2, 0.25) is 0 Å². The maximum atomic E-state index is 10.8. The summed E-state index contributed by atoms with van der Waals surface area (Å²) in [7, 11) is 0. The first-order chi connectivity index (χ1) is 6.13. The molecule has 0 unspecified atom stereocenters. The number of Topliss-reactive ketones (excluding diaryl/α,β-unsaturated/α-hetero) is 1. The smallest absolute Gasteiger partial charge is 0.134 e. The second kappa shape index (κ2) is 4.42. The lowest BCUT2D eigenvalue weighted by Crippen LogP contribution is -1.96. The number of phenols is 1. The Balaban J connectivity index is 2.92. The van der Waals surface area contributed by atoms with E-state index in [9.17, 15) is 9.90 Å². The van der Waals surface area contributed by atoms with Gasteiger partial charge in [-0.05, 0) is 18.6 Å². The first-order valence-electron chi connectivity index (χ1n) is 3.99. The molecular weight excluding hydrogens is 232 g/mol. The number of alkyl halides is 1. The number of rotatable bonds is 3. The zero-order valence-electron chi connectivity index (χ0n) is 7.38. The van der Waals surface area contributed by atoms with E-state index < -0.39 is 0 Å². The minimum absolute atomic E-state index is 0.131. The average molecular weight is 243 g/mol. The highest BCUT2D eigenvalue weighted by Gasteiger charge is 2.02. The van der Waals surface area contributed by atoms with Crippen molar-refractivity contribution in [3.8, 4) is 5.75 Å². The molecule has 1 rings (SSSR count). The molecule has 1 aromatic carbocycles. The van der Waals surface area contributed by atoms with Crippen LogP contribution < -0.4 is 0 Å². The maximum Gasteiger partial charge on any atom is 0.134 e. The van der Waals surface area contributed by atoms with Crippen LogP contribution in [0.4, 0.5) is 0 Å². The Kier molecular flexibility index (Phi) is 3.48. The van der Waals surface area contributed by atoms with E-state index in [2.05, 4.69) is 15.9 Å². The Morgan fingerprint density at radius 1 is 1.54 bits per heavy atom. The van der Waals surface area contributed by atoms with Crippen molar-refractivity contribution in [2.75, 3.05) is 0 Å². The molecule has 13 heavy (non-hydrogen) atoms. The number of phenolic OH excluding ortho intramolecular Hbond substituents is 1. The number of benzene rings is 1. The molecule has 0 bridgehead atoms. The average Bonchev–Trinajstić information content (AvgIpc) is 2.07. The first-order valence-corrected chi connectivity index (χ1v) is 5.12. The van der Waals surface area contributed by atoms with Crippen molar-refractivity contribution in [1.29, 1.82) is 0 Å². The summed E-state index contributed by atoms with van der Waals surface area (Å²) in [5.41, 5.74) is 1.76. The normalized spacial score (nSPS) is 10.0. The molecule has 0 aliphatic carbocycles. The van der Waals surface area contributed by atoms with Crippen molar-refractivity contribution in [2.24, 2.45) is 0 Å². The van der Waals surface area contributed by atoms with Gasteiger partial charge in [-0.25, -0.2) is 0 Å². The van der Waals surface area contributed by atoms with Gasteiger partial charge in [0.15, 0.2) is 0 Å². The Morgan fingerprint density at radius 2 is 2.23 bits per heavy atom. The third-order valence-electron chi connectivity index (χ3n) is 1.74. The summed E-state index contributed by atoms with van der Waals surface area (Å²) in [5, 5.41) is 9.96. The summed E-state index contributed by atoms with van der Waals surface area (Å²) < 4.78 is 0. The molecule has 0 aliphatic rings. The second-order valence-corrected chi connectivity index (χ2v) is 3.54. The number of ketones is 1. The predicted octanol–water partition coefficient (Wildman–Crippen LogP) is 2.42. The van der Waals surface area contributed by atoms with Crippen LogP contribution in [0.25, 0.3) is 0 Å². The molecule has 0 radical (unpaired) electrons. The van der Waals surface area contributed by atoms with Gasteiger partial charge in [0.2, 0.25) is 0 Å². The first kappa shape index (κ1) is 10.3. The summed E-state index contributed by atoms with van der Waals surface area (Å²) in [6.45, 7) is 1.56. The van der Waals surface area contributed by atoms with E-state index in [1.807, 2.05) is 6.07 Å². The molecule has 70 valence electrons. The lowest BCUT2D eigenvalue weighted by atomic mass is 10.1. The van der Waals surface area contributed by atoms with Crippen LogP contribution in [-0.4, -0.2) is 10.9 Å². The van der Waals surface area contributed by atoms with E-state index in [0.29, 0.717) is 11.8 Å². The maximum absolute atomic E-state index is 10.8. The fourth-order valence-electron chi connectivity index (χ4n) is 1.14. The fourth-order valence-corrected chi connectivity index (χ4v) is 1.59. The fraction of sp³-hybridized carbons (Fsp3) is 0.300. The standard InChI is InChI=1S/C10H11BrO2/c1-7(12)4-8-2-3-10(13)9(5-8)6-11/h2-3,5,13H,4,6H2,1H3. The third-order valence-corrected chi connectivity index (χ3v) is 2.35. The monoisotopic (exact) mass is 242 g/mol. The molecule has 0 heterocycles. The summed E-state index contributed by atoms with van der Waals surface area (Å²) in [5.74, 6) is 0.399. The Bertz CT molecular complexity index is 321. The van der Waals surface area contributed by atoms with E-state index in [1.54, 1.807) is 19.1 Å². The largest absolute Gasteiger partial charge is 0.508 e. The van der Waals surface area contributed by atoms with Gasteiger partial charge in [-0.3, -0.25) is 4.79 Å². The topological polar surface area (TPSA) is 37.3 Å². The van der Waals surface area contributed by atoms with Crippen LogP contribution in [0.15, 0.2) is 18.2 Å². The van der Waals surface area contributed by atoms with E-state index >= 15 is 0 Å². The van der Waals surface area contributed by atoms with Gasteiger partial charge < -0.3 is 5.11 Å². The van der Waals surface area contributed by atoms with Crippen LogP contribution in [0.1, 0.15) is 18.1 Å². The summed E-state index contributed by atoms with van der Waals surface area (Å²) >= 11 is 3.26. The molecule has 1 aromatic rings. The van der Waals surface area contributed by atoms with Crippen LogP contribution in [0.3, 0.4) is 0 Å². The van der Waals surface area contributed by atoms with Crippen molar-refractivity contribution in [3.05, 3.63) is 29.3 Å². The molecule has 2 nitrogen and oxygen atoms in total. The summed E-state index contributed by atoms with van der Waals surface area (Å²) in [4.78, 5) is 10.8. The molecule has 3 heteroatoms. The van der Waals surface area contributed by atoms with Gasteiger partial charge in [-0.2, -0.15) is 0 Å². The number of halogens is 1. The van der Waals surface area contributed by atoms with Gasteiger partial charge in [-0.15, -0.1) is 0 Å². The minimum atomic E-state index is 0.131. The number of carbonyl (C=O) groups excluding carboxylic acids is 1. The van der Waals surface area contributed by atoms with E-state index in [4.69, 9.17) is 0 Å². The highest BCUT2D eigenvalue weighted by Crippen LogP contribution is 2.21. The number of aromatic hydroxyl groups is 1. The van der Waals surface area contributed by atoms with Crippen molar-refractivity contribution < 1.29 is 9.90 Å². The molecule has 0 amide bonds. The zero-order valence-corrected chi connectivity index (χ0v) is 8.97. The Hall–Kier alpha value is -0.830. The molecule has 0 spiro atoms. The number of carbonyl (C=O) groups is 1. The molecule has 0 saturated carbocycles. The zero-order chi connectivity index (χ0) is 9.84. The van der Waals surface area contributed by atoms with Crippen LogP contribution in [0.5, 0.6) is 5.75 Å². The van der Waals surface area contributed by atoms with Crippen LogP contribution >= 0.6 is 15.9 Å². The Labute approximate surface area is 85.7 Å². The van der Waals surface area contributed by atoms with Gasteiger partial charge in [0.25, 0.3) is 0 Å². The van der Waals surface area contributed by atoms with E-state index in [-0.39, 0.29) is 11.5 Å². The SMILES string of the molecule is CC(=O)Cc1ccc(O)c(CBr)c1. The van der Waals surface area contributed by atoms with Crippen molar-refractivity contribution >= 4 is 21.7 Å².